The molecule has 0 rings (SSSR count). The summed E-state index contributed by atoms with van der Waals surface area (Å²) in [6.45, 7) is 3.63. The molecule has 0 heterocycles. The Morgan fingerprint density at radius 3 is 1.08 bits per heavy atom. The average molecular weight is 345 g/mol. The zero-order chi connectivity index (χ0) is 18.5. The third-order valence-electron chi connectivity index (χ3n) is 2.95. The first-order valence-corrected chi connectivity index (χ1v) is 8.21. The molecule has 0 aromatic rings. The fourth-order valence-corrected chi connectivity index (χ4v) is 2.11. The van der Waals surface area contributed by atoms with Crippen molar-refractivity contribution >= 4 is 11.9 Å². The lowest BCUT2D eigenvalue weighted by molar-refractivity contribution is 0.0539. The van der Waals surface area contributed by atoms with Crippen molar-refractivity contribution in [1.82, 2.24) is 19.6 Å². The number of nitrogens with zero attached hydrogens (tertiary/aromatic N) is 6. The summed E-state index contributed by atoms with van der Waals surface area (Å²) < 4.78 is 11.1. The molecule has 8 nitrogen and oxygen atoms in total. The lowest BCUT2D eigenvalue weighted by Gasteiger charge is -2.22. The van der Waals surface area contributed by atoms with Crippen LogP contribution in [0.2, 0.25) is 0 Å². The van der Waals surface area contributed by atoms with Crippen LogP contribution in [0.3, 0.4) is 0 Å². The van der Waals surface area contributed by atoms with Crippen LogP contribution >= 0.6 is 0 Å². The maximum Gasteiger partial charge on any atom is 0.195 e. The smallest absolute Gasteiger partial charge is 0.195 e. The van der Waals surface area contributed by atoms with Crippen LogP contribution in [0.5, 0.6) is 0 Å². The number of rotatable bonds is 9. The van der Waals surface area contributed by atoms with Crippen molar-refractivity contribution in [3.05, 3.63) is 0 Å². The second-order valence-electron chi connectivity index (χ2n) is 6.17. The van der Waals surface area contributed by atoms with Gasteiger partial charge in [-0.15, -0.1) is 0 Å². The zero-order valence-electron chi connectivity index (χ0n) is 16.7. The van der Waals surface area contributed by atoms with Gasteiger partial charge in [0.2, 0.25) is 0 Å². The minimum absolute atomic E-state index is 0.576. The summed E-state index contributed by atoms with van der Waals surface area (Å²) in [6, 6.07) is 0. The van der Waals surface area contributed by atoms with Crippen LogP contribution in [0, 0.1) is 0 Å². The van der Waals surface area contributed by atoms with Gasteiger partial charge >= 0.3 is 0 Å². The van der Waals surface area contributed by atoms with E-state index < -0.39 is 0 Å². The standard InChI is InChI=1S/C16H36N6O2/c1-19(2)15(20(3)4)17-9-11-23-13-14-24-12-10-18-16(21(5)6)22(7)8/h9-14H2,1-8H3. The lowest BCUT2D eigenvalue weighted by atomic mass is 10.6. The van der Waals surface area contributed by atoms with Gasteiger partial charge in [-0.25, -0.2) is 0 Å². The second-order valence-corrected chi connectivity index (χ2v) is 6.17. The van der Waals surface area contributed by atoms with Crippen molar-refractivity contribution in [3.8, 4) is 0 Å². The molecule has 0 aromatic carbocycles. The van der Waals surface area contributed by atoms with Gasteiger partial charge in [0.25, 0.3) is 0 Å². The van der Waals surface area contributed by atoms with E-state index in [2.05, 4.69) is 9.98 Å². The Morgan fingerprint density at radius 1 is 0.542 bits per heavy atom. The molecule has 0 radical (unpaired) electrons. The molecule has 0 saturated carbocycles. The van der Waals surface area contributed by atoms with Crippen LogP contribution < -0.4 is 0 Å². The van der Waals surface area contributed by atoms with Crippen molar-refractivity contribution in [3.63, 3.8) is 0 Å². The number of guanidine groups is 2. The molecule has 0 spiro atoms. The van der Waals surface area contributed by atoms with Gasteiger partial charge in [-0.2, -0.15) is 0 Å². The Balaban J connectivity index is 3.75. The molecule has 0 aromatic heterocycles. The van der Waals surface area contributed by atoms with E-state index in [0.29, 0.717) is 39.5 Å². The maximum atomic E-state index is 5.53. The largest absolute Gasteiger partial charge is 0.377 e. The van der Waals surface area contributed by atoms with Gasteiger partial charge in [0.15, 0.2) is 11.9 Å². The predicted molar refractivity (Wildman–Crippen MR) is 101 cm³/mol. The highest BCUT2D eigenvalue weighted by Gasteiger charge is 2.03. The molecule has 0 aliphatic rings. The van der Waals surface area contributed by atoms with E-state index in [4.69, 9.17) is 9.47 Å². The third-order valence-corrected chi connectivity index (χ3v) is 2.95. The zero-order valence-corrected chi connectivity index (χ0v) is 16.7. The van der Waals surface area contributed by atoms with E-state index in [-0.39, 0.29) is 0 Å². The first-order valence-electron chi connectivity index (χ1n) is 8.21. The van der Waals surface area contributed by atoms with Crippen molar-refractivity contribution in [1.29, 1.82) is 0 Å². The van der Waals surface area contributed by atoms with E-state index in [0.717, 1.165) is 11.9 Å². The Bertz CT molecular complexity index is 325. The summed E-state index contributed by atoms with van der Waals surface area (Å²) in [4.78, 5) is 16.9. The van der Waals surface area contributed by atoms with Crippen LogP contribution in [0.25, 0.3) is 0 Å². The highest BCUT2D eigenvalue weighted by Crippen LogP contribution is 1.91. The first-order chi connectivity index (χ1) is 11.3. The molecule has 0 N–H and O–H groups in total. The predicted octanol–water partition coefficient (Wildman–Crippen LogP) is -0.0220. The van der Waals surface area contributed by atoms with Gasteiger partial charge in [-0.3, -0.25) is 9.98 Å². The molecule has 0 fully saturated rings. The number of hydrogen-bond acceptors (Lipinski definition) is 4. The van der Waals surface area contributed by atoms with Crippen LogP contribution in [-0.4, -0.2) is 127 Å². The lowest BCUT2D eigenvalue weighted by Crippen LogP contribution is -2.35. The summed E-state index contributed by atoms with van der Waals surface area (Å²) in [7, 11) is 15.8. The normalized spacial score (nSPS) is 10.2. The van der Waals surface area contributed by atoms with Crippen molar-refractivity contribution in [2.45, 2.75) is 0 Å². The van der Waals surface area contributed by atoms with Gasteiger partial charge < -0.3 is 29.1 Å². The number of aliphatic imine (C=N–C) groups is 2. The molecule has 24 heavy (non-hydrogen) atoms. The summed E-state index contributed by atoms with van der Waals surface area (Å²) in [5.41, 5.74) is 0. The van der Waals surface area contributed by atoms with Crippen LogP contribution in [0.15, 0.2) is 9.98 Å². The Labute approximate surface area is 147 Å². The molecular weight excluding hydrogens is 308 g/mol. The second kappa shape index (κ2) is 12.8. The van der Waals surface area contributed by atoms with E-state index >= 15 is 0 Å². The van der Waals surface area contributed by atoms with Gasteiger partial charge in [0, 0.05) is 56.4 Å². The summed E-state index contributed by atoms with van der Waals surface area (Å²) in [6.07, 6.45) is 0. The molecule has 0 saturated heterocycles. The highest BCUT2D eigenvalue weighted by molar-refractivity contribution is 5.79. The van der Waals surface area contributed by atoms with Gasteiger partial charge in [0.1, 0.15) is 0 Å². The quantitative estimate of drug-likeness (QED) is 0.333. The maximum absolute atomic E-state index is 5.53. The van der Waals surface area contributed by atoms with Gasteiger partial charge in [-0.1, -0.05) is 0 Å². The van der Waals surface area contributed by atoms with E-state index in [1.807, 2.05) is 76.0 Å². The summed E-state index contributed by atoms with van der Waals surface area (Å²) in [5, 5.41) is 0. The highest BCUT2D eigenvalue weighted by atomic mass is 16.5. The fourth-order valence-electron chi connectivity index (χ4n) is 2.11. The minimum atomic E-state index is 0.576. The van der Waals surface area contributed by atoms with Gasteiger partial charge in [0.05, 0.1) is 39.5 Å². The molecular formula is C16H36N6O2. The molecule has 0 aliphatic heterocycles. The topological polar surface area (TPSA) is 56.1 Å². The Kier molecular flexibility index (Phi) is 12.0. The monoisotopic (exact) mass is 344 g/mol. The first kappa shape index (κ1) is 22.5. The Morgan fingerprint density at radius 2 is 0.833 bits per heavy atom. The number of ether oxygens (including phenoxy) is 2. The van der Waals surface area contributed by atoms with Crippen molar-refractivity contribution in [2.24, 2.45) is 9.98 Å². The molecule has 142 valence electrons. The molecule has 0 bridgehead atoms. The van der Waals surface area contributed by atoms with E-state index in [9.17, 15) is 0 Å². The molecule has 0 aliphatic carbocycles. The van der Waals surface area contributed by atoms with Crippen molar-refractivity contribution < 1.29 is 9.47 Å². The molecule has 0 unspecified atom stereocenters. The summed E-state index contributed by atoms with van der Waals surface area (Å²) in [5.74, 6) is 1.87. The van der Waals surface area contributed by atoms with E-state index in [1.165, 1.54) is 0 Å². The van der Waals surface area contributed by atoms with Crippen LogP contribution in [-0.2, 0) is 9.47 Å². The van der Waals surface area contributed by atoms with Crippen LogP contribution in [0.4, 0.5) is 0 Å². The van der Waals surface area contributed by atoms with Crippen LogP contribution in [0.1, 0.15) is 0 Å². The number of hydrogen-bond donors (Lipinski definition) is 0. The minimum Gasteiger partial charge on any atom is -0.377 e. The fraction of sp³-hybridized carbons (Fsp3) is 0.875. The van der Waals surface area contributed by atoms with E-state index in [1.54, 1.807) is 0 Å². The molecule has 0 amide bonds. The van der Waals surface area contributed by atoms with Crippen molar-refractivity contribution in [2.75, 3.05) is 95.9 Å². The average Bonchev–Trinajstić information content (AvgIpc) is 2.46. The summed E-state index contributed by atoms with van der Waals surface area (Å²) >= 11 is 0. The Hall–Kier alpha value is -1.54. The molecule has 0 atom stereocenters. The SMILES string of the molecule is CN(C)C(=NCCOCCOCCN=C(N(C)C)N(C)C)N(C)C. The molecule has 8 heteroatoms. The third kappa shape index (κ3) is 10.3. The van der Waals surface area contributed by atoms with Gasteiger partial charge in [-0.05, 0) is 0 Å².